The van der Waals surface area contributed by atoms with Crippen molar-refractivity contribution < 1.29 is 0 Å². The van der Waals surface area contributed by atoms with Crippen LogP contribution in [0, 0.1) is 0 Å². The number of benzene rings is 2. The molecule has 2 aromatic carbocycles. The molecule has 0 unspecified atom stereocenters. The molecule has 21 heavy (non-hydrogen) atoms. The van der Waals surface area contributed by atoms with E-state index in [1.54, 1.807) is 0 Å². The van der Waals surface area contributed by atoms with Gasteiger partial charge < -0.3 is 0 Å². The molecule has 1 aromatic heterocycles. The number of hydrogen-bond donors (Lipinski definition) is 0. The molecule has 0 radical (unpaired) electrons. The van der Waals surface area contributed by atoms with Crippen molar-refractivity contribution in [1.29, 1.82) is 0 Å². The maximum Gasteiger partial charge on any atom is 0.0780 e. The molecule has 1 heteroatoms. The molecule has 0 N–H and O–H groups in total. The van der Waals surface area contributed by atoms with Gasteiger partial charge in [-0.25, -0.2) is 0 Å². The highest BCUT2D eigenvalue weighted by molar-refractivity contribution is 5.93. The van der Waals surface area contributed by atoms with Crippen LogP contribution in [0.3, 0.4) is 0 Å². The van der Waals surface area contributed by atoms with E-state index in [9.17, 15) is 0 Å². The highest BCUT2D eigenvalue weighted by Gasteiger charge is 2.13. The van der Waals surface area contributed by atoms with Gasteiger partial charge in [0.1, 0.15) is 0 Å². The molecule has 0 saturated carbocycles. The summed E-state index contributed by atoms with van der Waals surface area (Å²) in [7, 11) is 0. The summed E-state index contributed by atoms with van der Waals surface area (Å²) >= 11 is 0. The van der Waals surface area contributed by atoms with Crippen LogP contribution in [0.1, 0.15) is 24.5 Å². The Bertz CT molecular complexity index is 853. The lowest BCUT2D eigenvalue weighted by Gasteiger charge is -2.08. The largest absolute Gasteiger partial charge is 0.256 e. The summed E-state index contributed by atoms with van der Waals surface area (Å²) < 4.78 is 0. The quantitative estimate of drug-likeness (QED) is 0.620. The van der Waals surface area contributed by atoms with E-state index in [0.29, 0.717) is 0 Å². The lowest BCUT2D eigenvalue weighted by molar-refractivity contribution is 1.04. The first-order valence-electron chi connectivity index (χ1n) is 7.51. The fourth-order valence-corrected chi connectivity index (χ4v) is 3.15. The zero-order chi connectivity index (χ0) is 14.2. The van der Waals surface area contributed by atoms with Gasteiger partial charge in [-0.15, -0.1) is 0 Å². The van der Waals surface area contributed by atoms with Crippen LogP contribution in [0.2, 0.25) is 0 Å². The molecule has 0 fully saturated rings. The SMILES string of the molecule is CCC1=Cc2ccc(-c3cccc4cccnc34)cc2C1. The average molecular weight is 271 g/mol. The Labute approximate surface area is 125 Å². The third-order valence-electron chi connectivity index (χ3n) is 4.32. The highest BCUT2D eigenvalue weighted by Crippen LogP contribution is 2.33. The molecule has 0 amide bonds. The topological polar surface area (TPSA) is 12.9 Å². The smallest absolute Gasteiger partial charge is 0.0780 e. The monoisotopic (exact) mass is 271 g/mol. The molecule has 4 rings (SSSR count). The Balaban J connectivity index is 1.85. The van der Waals surface area contributed by atoms with E-state index in [0.717, 1.165) is 18.4 Å². The van der Waals surface area contributed by atoms with E-state index in [1.807, 2.05) is 12.3 Å². The van der Waals surface area contributed by atoms with Gasteiger partial charge >= 0.3 is 0 Å². The second-order valence-electron chi connectivity index (χ2n) is 5.63. The number of nitrogens with zero attached hydrogens (tertiary/aromatic N) is 1. The summed E-state index contributed by atoms with van der Waals surface area (Å²) in [6.07, 6.45) is 6.44. The van der Waals surface area contributed by atoms with Crippen LogP contribution in [0.5, 0.6) is 0 Å². The van der Waals surface area contributed by atoms with Crippen molar-refractivity contribution in [3.8, 4) is 11.1 Å². The van der Waals surface area contributed by atoms with Gasteiger partial charge in [-0.3, -0.25) is 4.98 Å². The number of aromatic nitrogens is 1. The van der Waals surface area contributed by atoms with Crippen molar-refractivity contribution in [1.82, 2.24) is 4.98 Å². The highest BCUT2D eigenvalue weighted by atomic mass is 14.6. The maximum atomic E-state index is 4.57. The summed E-state index contributed by atoms with van der Waals surface area (Å²) in [4.78, 5) is 4.57. The van der Waals surface area contributed by atoms with Gasteiger partial charge in [0.2, 0.25) is 0 Å². The number of hydrogen-bond acceptors (Lipinski definition) is 1. The molecular formula is C20H17N. The van der Waals surface area contributed by atoms with Gasteiger partial charge in [0, 0.05) is 17.1 Å². The summed E-state index contributed by atoms with van der Waals surface area (Å²) in [6, 6.07) is 17.3. The van der Waals surface area contributed by atoms with E-state index in [2.05, 4.69) is 60.4 Å². The molecule has 1 aliphatic rings. The lowest BCUT2D eigenvalue weighted by Crippen LogP contribution is -1.88. The van der Waals surface area contributed by atoms with Gasteiger partial charge in [0.25, 0.3) is 0 Å². The molecule has 0 bridgehead atoms. The van der Waals surface area contributed by atoms with E-state index < -0.39 is 0 Å². The Kier molecular flexibility index (Phi) is 2.85. The van der Waals surface area contributed by atoms with Crippen LogP contribution in [0.25, 0.3) is 28.1 Å². The summed E-state index contributed by atoms with van der Waals surface area (Å²) in [5.41, 5.74) is 7.92. The van der Waals surface area contributed by atoms with Gasteiger partial charge in [-0.2, -0.15) is 0 Å². The average Bonchev–Trinajstić information content (AvgIpc) is 2.96. The Morgan fingerprint density at radius 3 is 2.86 bits per heavy atom. The van der Waals surface area contributed by atoms with Gasteiger partial charge in [-0.1, -0.05) is 61.0 Å². The summed E-state index contributed by atoms with van der Waals surface area (Å²) in [6.45, 7) is 2.23. The van der Waals surface area contributed by atoms with Crippen molar-refractivity contribution in [3.63, 3.8) is 0 Å². The second-order valence-corrected chi connectivity index (χ2v) is 5.63. The van der Waals surface area contributed by atoms with Crippen LogP contribution in [-0.2, 0) is 6.42 Å². The minimum absolute atomic E-state index is 1.08. The lowest BCUT2D eigenvalue weighted by atomic mass is 9.98. The van der Waals surface area contributed by atoms with Crippen molar-refractivity contribution in [2.75, 3.05) is 0 Å². The maximum absolute atomic E-state index is 4.57. The number of rotatable bonds is 2. The Hall–Kier alpha value is -2.41. The molecule has 1 aliphatic carbocycles. The minimum atomic E-state index is 1.08. The fourth-order valence-electron chi connectivity index (χ4n) is 3.15. The molecule has 0 aliphatic heterocycles. The molecular weight excluding hydrogens is 254 g/mol. The molecule has 102 valence electrons. The van der Waals surface area contributed by atoms with Gasteiger partial charge in [0.15, 0.2) is 0 Å². The zero-order valence-electron chi connectivity index (χ0n) is 12.1. The molecule has 0 atom stereocenters. The van der Waals surface area contributed by atoms with Crippen molar-refractivity contribution in [2.24, 2.45) is 0 Å². The third kappa shape index (κ3) is 2.06. The molecule has 0 saturated heterocycles. The molecule has 1 heterocycles. The standard InChI is InChI=1S/C20H17N/c1-2-14-11-16-8-9-17(13-18(16)12-14)19-7-3-5-15-6-4-10-21-20(15)19/h3-11,13H,2,12H2,1H3. The Morgan fingerprint density at radius 2 is 1.95 bits per heavy atom. The number of para-hydroxylation sites is 1. The number of pyridine rings is 1. The third-order valence-corrected chi connectivity index (χ3v) is 4.32. The fraction of sp³-hybridized carbons (Fsp3) is 0.150. The predicted molar refractivity (Wildman–Crippen MR) is 89.2 cm³/mol. The van der Waals surface area contributed by atoms with E-state index in [4.69, 9.17) is 0 Å². The molecule has 3 aromatic rings. The Morgan fingerprint density at radius 1 is 1.05 bits per heavy atom. The van der Waals surface area contributed by atoms with Crippen LogP contribution < -0.4 is 0 Å². The first-order valence-corrected chi connectivity index (χ1v) is 7.51. The van der Waals surface area contributed by atoms with E-state index in [-0.39, 0.29) is 0 Å². The van der Waals surface area contributed by atoms with Gasteiger partial charge in [-0.05, 0) is 35.6 Å². The van der Waals surface area contributed by atoms with Crippen molar-refractivity contribution >= 4 is 17.0 Å². The van der Waals surface area contributed by atoms with Crippen LogP contribution in [0.4, 0.5) is 0 Å². The van der Waals surface area contributed by atoms with Crippen LogP contribution >= 0.6 is 0 Å². The number of fused-ring (bicyclic) bond motifs is 2. The second kappa shape index (κ2) is 4.85. The zero-order valence-corrected chi connectivity index (χ0v) is 12.1. The normalized spacial score (nSPS) is 13.3. The van der Waals surface area contributed by atoms with E-state index >= 15 is 0 Å². The molecule has 1 nitrogen and oxygen atoms in total. The minimum Gasteiger partial charge on any atom is -0.256 e. The van der Waals surface area contributed by atoms with Crippen LogP contribution in [-0.4, -0.2) is 4.98 Å². The first kappa shape index (κ1) is 12.3. The summed E-state index contributed by atoms with van der Waals surface area (Å²) in [5.74, 6) is 0. The van der Waals surface area contributed by atoms with Crippen molar-refractivity contribution in [2.45, 2.75) is 19.8 Å². The summed E-state index contributed by atoms with van der Waals surface area (Å²) in [5, 5.41) is 1.20. The van der Waals surface area contributed by atoms with Crippen molar-refractivity contribution in [3.05, 3.63) is 71.4 Å². The van der Waals surface area contributed by atoms with Crippen LogP contribution in [0.15, 0.2) is 60.3 Å². The van der Waals surface area contributed by atoms with E-state index in [1.165, 1.54) is 33.2 Å². The first-order chi connectivity index (χ1) is 10.3. The predicted octanol–water partition coefficient (Wildman–Crippen LogP) is 5.25. The number of allylic oxidation sites excluding steroid dienone is 1. The molecule has 0 spiro atoms. The van der Waals surface area contributed by atoms with Gasteiger partial charge in [0.05, 0.1) is 5.52 Å².